The summed E-state index contributed by atoms with van der Waals surface area (Å²) in [5.74, 6) is 0.995. The molecule has 0 spiro atoms. The van der Waals surface area contributed by atoms with E-state index in [2.05, 4.69) is 71.7 Å². The van der Waals surface area contributed by atoms with Crippen LogP contribution in [0, 0.1) is 0 Å². The third kappa shape index (κ3) is 9.11. The van der Waals surface area contributed by atoms with Gasteiger partial charge in [0.15, 0.2) is 5.11 Å². The highest BCUT2D eigenvalue weighted by Gasteiger charge is 2.10. The summed E-state index contributed by atoms with van der Waals surface area (Å²) in [6.07, 6.45) is 3.91. The first-order valence-corrected chi connectivity index (χ1v) is 12.1. The molecule has 1 aromatic carbocycles. The number of hydrogen-bond acceptors (Lipinski definition) is 5. The summed E-state index contributed by atoms with van der Waals surface area (Å²) in [7, 11) is 0. The molecule has 0 unspecified atom stereocenters. The summed E-state index contributed by atoms with van der Waals surface area (Å²) in [5, 5.41) is 7.39. The number of rotatable bonds is 11. The second kappa shape index (κ2) is 13.6. The fourth-order valence-electron chi connectivity index (χ4n) is 3.49. The molecule has 0 atom stereocenters. The lowest BCUT2D eigenvalue weighted by Crippen LogP contribution is -2.40. The lowest BCUT2D eigenvalue weighted by atomic mass is 10.2. The van der Waals surface area contributed by atoms with E-state index in [-0.39, 0.29) is 0 Å². The number of benzene rings is 1. The maximum absolute atomic E-state index is 5.43. The van der Waals surface area contributed by atoms with Gasteiger partial charge in [-0.1, -0.05) is 34.1 Å². The van der Waals surface area contributed by atoms with Crippen LogP contribution in [0.2, 0.25) is 0 Å². The summed E-state index contributed by atoms with van der Waals surface area (Å²) in [6.45, 7) is 8.33. The predicted molar refractivity (Wildman–Crippen MR) is 135 cm³/mol. The minimum Gasteiger partial charge on any atom is -0.379 e. The summed E-state index contributed by atoms with van der Waals surface area (Å²) in [6, 6.07) is 14.5. The van der Waals surface area contributed by atoms with Crippen molar-refractivity contribution in [2.75, 3.05) is 57.4 Å². The highest BCUT2D eigenvalue weighted by Crippen LogP contribution is 2.16. The second-order valence-corrected chi connectivity index (χ2v) is 8.90. The van der Waals surface area contributed by atoms with Crippen molar-refractivity contribution < 1.29 is 4.74 Å². The third-order valence-corrected chi connectivity index (χ3v) is 6.01. The van der Waals surface area contributed by atoms with Crippen LogP contribution in [0.15, 0.2) is 53.1 Å². The molecule has 1 aliphatic rings. The van der Waals surface area contributed by atoms with Crippen molar-refractivity contribution in [3.8, 4) is 0 Å². The average Bonchev–Trinajstić information content (AvgIpc) is 2.81. The zero-order valence-electron chi connectivity index (χ0n) is 17.9. The van der Waals surface area contributed by atoms with Gasteiger partial charge in [0.25, 0.3) is 0 Å². The number of hydrogen-bond donors (Lipinski definition) is 2. The molecule has 31 heavy (non-hydrogen) atoms. The van der Waals surface area contributed by atoms with E-state index in [9.17, 15) is 0 Å². The first kappa shape index (κ1) is 23.9. The van der Waals surface area contributed by atoms with E-state index in [0.29, 0.717) is 0 Å². The number of morpholine rings is 1. The molecule has 0 saturated carbocycles. The fourth-order valence-corrected chi connectivity index (χ4v) is 3.96. The van der Waals surface area contributed by atoms with Crippen molar-refractivity contribution in [3.63, 3.8) is 0 Å². The van der Waals surface area contributed by atoms with Gasteiger partial charge in [-0.2, -0.15) is 0 Å². The number of anilines is 1. The Morgan fingerprint density at radius 1 is 1.06 bits per heavy atom. The molecule has 0 bridgehead atoms. The first-order chi connectivity index (χ1) is 15.2. The smallest absolute Gasteiger partial charge is 0.166 e. The van der Waals surface area contributed by atoms with Gasteiger partial charge in [-0.05, 0) is 61.4 Å². The van der Waals surface area contributed by atoms with Crippen LogP contribution >= 0.6 is 28.1 Å². The Balaban J connectivity index is 1.35. The van der Waals surface area contributed by atoms with E-state index >= 15 is 0 Å². The van der Waals surface area contributed by atoms with E-state index in [4.69, 9.17) is 17.0 Å². The van der Waals surface area contributed by atoms with Crippen LogP contribution in [0.1, 0.15) is 18.4 Å². The molecule has 8 heteroatoms. The van der Waals surface area contributed by atoms with Gasteiger partial charge in [0, 0.05) is 49.9 Å². The first-order valence-electron chi connectivity index (χ1n) is 10.9. The molecule has 1 aromatic heterocycles. The molecular formula is C23H32BrN5OS. The zero-order chi connectivity index (χ0) is 21.7. The maximum atomic E-state index is 5.43. The number of nitrogens with one attached hydrogen (secondary N) is 2. The summed E-state index contributed by atoms with van der Waals surface area (Å²) in [4.78, 5) is 9.29. The van der Waals surface area contributed by atoms with Gasteiger partial charge in [0.2, 0.25) is 0 Å². The Morgan fingerprint density at radius 2 is 1.81 bits per heavy atom. The van der Waals surface area contributed by atoms with Crippen LogP contribution in [0.3, 0.4) is 0 Å². The van der Waals surface area contributed by atoms with Crippen LogP contribution in [-0.2, 0) is 11.3 Å². The molecule has 3 rings (SSSR count). The maximum Gasteiger partial charge on any atom is 0.166 e. The Bertz CT molecular complexity index is 771. The van der Waals surface area contributed by atoms with E-state index in [1.165, 1.54) is 5.56 Å². The van der Waals surface area contributed by atoms with Crippen LogP contribution in [-0.4, -0.2) is 67.5 Å². The number of nitrogens with zero attached hydrogens (tertiary/aromatic N) is 3. The molecule has 2 heterocycles. The van der Waals surface area contributed by atoms with Gasteiger partial charge in [0.1, 0.15) is 5.82 Å². The van der Waals surface area contributed by atoms with E-state index in [1.54, 1.807) is 0 Å². The molecule has 1 aliphatic heterocycles. The van der Waals surface area contributed by atoms with Crippen LogP contribution in [0.5, 0.6) is 0 Å². The Morgan fingerprint density at radius 3 is 2.52 bits per heavy atom. The van der Waals surface area contributed by atoms with Gasteiger partial charge in [0.05, 0.1) is 13.2 Å². The van der Waals surface area contributed by atoms with Crippen LogP contribution in [0.4, 0.5) is 5.82 Å². The Hall–Kier alpha value is -1.74. The van der Waals surface area contributed by atoms with Crippen molar-refractivity contribution in [2.24, 2.45) is 0 Å². The Kier molecular flexibility index (Phi) is 10.5. The number of aromatic nitrogens is 1. The predicted octanol–water partition coefficient (Wildman–Crippen LogP) is 3.43. The normalized spacial score (nSPS) is 14.2. The summed E-state index contributed by atoms with van der Waals surface area (Å²) < 4.78 is 6.48. The zero-order valence-corrected chi connectivity index (χ0v) is 20.3. The van der Waals surface area contributed by atoms with Gasteiger partial charge < -0.3 is 20.3 Å². The minimum absolute atomic E-state index is 0.735. The van der Waals surface area contributed by atoms with Crippen molar-refractivity contribution in [1.29, 1.82) is 0 Å². The van der Waals surface area contributed by atoms with Gasteiger partial charge in [-0.15, -0.1) is 0 Å². The van der Waals surface area contributed by atoms with Crippen LogP contribution in [0.25, 0.3) is 0 Å². The van der Waals surface area contributed by atoms with E-state index < -0.39 is 0 Å². The SMILES string of the molecule is S=C(NCCCN1CCOCC1)NCCCN(Cc1ccc(Br)cc1)c1ccccn1. The van der Waals surface area contributed by atoms with E-state index in [0.717, 1.165) is 87.3 Å². The molecule has 0 radical (unpaired) electrons. The molecule has 2 N–H and O–H groups in total. The lowest BCUT2D eigenvalue weighted by molar-refractivity contribution is 0.0376. The standard InChI is InChI=1S/C23H32BrN5OS/c24-21-8-6-20(7-9-21)19-29(22-5-1-2-10-25-22)14-4-12-27-23(31)26-11-3-13-28-15-17-30-18-16-28/h1-2,5-10H,3-4,11-19H2,(H2,26,27,31). The second-order valence-electron chi connectivity index (χ2n) is 7.58. The molecule has 6 nitrogen and oxygen atoms in total. The molecule has 2 aromatic rings. The van der Waals surface area contributed by atoms with Gasteiger partial charge >= 0.3 is 0 Å². The molecule has 0 aliphatic carbocycles. The number of thiocarbonyl (C=S) groups is 1. The quantitative estimate of drug-likeness (QED) is 0.358. The topological polar surface area (TPSA) is 52.7 Å². The Labute approximate surface area is 199 Å². The molecular weight excluding hydrogens is 474 g/mol. The molecule has 1 fully saturated rings. The van der Waals surface area contributed by atoms with Crippen molar-refractivity contribution >= 4 is 39.1 Å². The highest BCUT2D eigenvalue weighted by molar-refractivity contribution is 9.10. The third-order valence-electron chi connectivity index (χ3n) is 5.19. The average molecular weight is 507 g/mol. The summed E-state index contributed by atoms with van der Waals surface area (Å²) >= 11 is 8.93. The van der Waals surface area contributed by atoms with Gasteiger partial charge in [-0.25, -0.2) is 4.98 Å². The number of halogens is 1. The highest BCUT2D eigenvalue weighted by atomic mass is 79.9. The van der Waals surface area contributed by atoms with Crippen LogP contribution < -0.4 is 15.5 Å². The lowest BCUT2D eigenvalue weighted by Gasteiger charge is -2.26. The number of pyridine rings is 1. The van der Waals surface area contributed by atoms with E-state index in [1.807, 2.05) is 18.3 Å². The number of ether oxygens (including phenoxy) is 1. The largest absolute Gasteiger partial charge is 0.379 e. The van der Waals surface area contributed by atoms with Crippen molar-refractivity contribution in [1.82, 2.24) is 20.5 Å². The fraction of sp³-hybridized carbons (Fsp3) is 0.478. The van der Waals surface area contributed by atoms with Crippen molar-refractivity contribution in [2.45, 2.75) is 19.4 Å². The summed E-state index contributed by atoms with van der Waals surface area (Å²) in [5.41, 5.74) is 1.26. The monoisotopic (exact) mass is 505 g/mol. The molecule has 168 valence electrons. The molecule has 0 amide bonds. The van der Waals surface area contributed by atoms with Gasteiger partial charge in [-0.3, -0.25) is 4.90 Å². The van der Waals surface area contributed by atoms with Crippen molar-refractivity contribution in [3.05, 3.63) is 58.7 Å². The molecule has 1 saturated heterocycles. The minimum atomic E-state index is 0.735.